The van der Waals surface area contributed by atoms with Crippen LogP contribution in [0.1, 0.15) is 0 Å². The summed E-state index contributed by atoms with van der Waals surface area (Å²) in [6.45, 7) is 0. The van der Waals surface area contributed by atoms with Crippen LogP contribution in [0.3, 0.4) is 0 Å². The Kier molecular flexibility index (Phi) is 16.5. The molecular formula is C108H66N8S2. The van der Waals surface area contributed by atoms with Crippen LogP contribution in [0.25, 0.3) is 229 Å². The van der Waals surface area contributed by atoms with Crippen LogP contribution >= 0.6 is 22.7 Å². The molecule has 0 N–H and O–H groups in total. The van der Waals surface area contributed by atoms with Crippen molar-refractivity contribution in [3.8, 4) is 113 Å². The lowest BCUT2D eigenvalue weighted by Crippen LogP contribution is -2.00. The maximum atomic E-state index is 5.10. The normalized spacial score (nSPS) is 11.7. The first-order valence-electron chi connectivity index (χ1n) is 39.7. The zero-order valence-corrected chi connectivity index (χ0v) is 65.1. The van der Waals surface area contributed by atoms with Crippen molar-refractivity contribution in [2.75, 3.05) is 0 Å². The van der Waals surface area contributed by atoms with Crippen molar-refractivity contribution >= 4 is 139 Å². The molecule has 0 aliphatic heterocycles. The molecular weight excluding hydrogens is 1470 g/mol. The number of fused-ring (bicyclic) bond motifs is 18. The SMILES string of the molecule is c1ccc(-c2nc(-c3ccccc3)nc(-c3ccc(-c4ccc(-n5c6ccccc6c6cc(-c7ccc8sc9ccccc9c8c7)ccc65)cc4)cc3)n2)cc1.c1ccc(-c2nc(-c3ccccc3)nc(-c3ccc4c5ccccc5c5ccc(-n6c7ccccc7c7cc(-c8ccc9sc%10ccccc%10c9c8)ccc76)cc5c4c3)n2)cc1. The second-order valence-electron chi connectivity index (χ2n) is 30.0. The van der Waals surface area contributed by atoms with Crippen molar-refractivity contribution in [3.63, 3.8) is 0 Å². The molecule has 24 rings (SSSR count). The molecule has 0 saturated heterocycles. The van der Waals surface area contributed by atoms with Gasteiger partial charge in [-0.05, 0) is 169 Å². The van der Waals surface area contributed by atoms with Crippen LogP contribution < -0.4 is 0 Å². The molecule has 0 radical (unpaired) electrons. The monoisotopic (exact) mass is 1540 g/mol. The molecule has 0 amide bonds. The minimum absolute atomic E-state index is 0.640. The molecule has 8 nitrogen and oxygen atoms in total. The Balaban J connectivity index is 0.000000139. The Morgan fingerprint density at radius 2 is 0.407 bits per heavy atom. The fourth-order valence-corrected chi connectivity index (χ4v) is 19.6. The number of rotatable bonds is 11. The molecule has 0 aliphatic rings. The summed E-state index contributed by atoms with van der Waals surface area (Å²) in [6.07, 6.45) is 0. The number of aromatic nitrogens is 8. The van der Waals surface area contributed by atoms with E-state index in [0.717, 1.165) is 61.3 Å². The molecule has 6 heterocycles. The zero-order valence-electron chi connectivity index (χ0n) is 63.5. The third-order valence-corrected chi connectivity index (χ3v) is 25.4. The number of para-hydroxylation sites is 2. The summed E-state index contributed by atoms with van der Waals surface area (Å²) in [7, 11) is 0. The average molecular weight is 1540 g/mol. The lowest BCUT2D eigenvalue weighted by atomic mass is 9.93. The van der Waals surface area contributed by atoms with Crippen molar-refractivity contribution in [1.29, 1.82) is 0 Å². The van der Waals surface area contributed by atoms with Crippen molar-refractivity contribution < 1.29 is 0 Å². The topological polar surface area (TPSA) is 87.2 Å². The van der Waals surface area contributed by atoms with Gasteiger partial charge in [-0.3, -0.25) is 0 Å². The predicted octanol–water partition coefficient (Wildman–Crippen LogP) is 29.1. The summed E-state index contributed by atoms with van der Waals surface area (Å²) in [6, 6.07) is 143. The van der Waals surface area contributed by atoms with Gasteiger partial charge in [0, 0.05) is 107 Å². The largest absolute Gasteiger partial charge is 0.309 e. The maximum Gasteiger partial charge on any atom is 0.164 e. The lowest BCUT2D eigenvalue weighted by Gasteiger charge is -2.15. The van der Waals surface area contributed by atoms with Gasteiger partial charge < -0.3 is 9.13 Å². The van der Waals surface area contributed by atoms with Crippen molar-refractivity contribution in [2.24, 2.45) is 0 Å². The maximum absolute atomic E-state index is 5.10. The van der Waals surface area contributed by atoms with E-state index < -0.39 is 0 Å². The third kappa shape index (κ3) is 12.0. The number of benzene rings is 18. The summed E-state index contributed by atoms with van der Waals surface area (Å²) in [4.78, 5) is 29.8. The average Bonchev–Trinajstić information content (AvgIpc) is 1.46. The van der Waals surface area contributed by atoms with Crippen molar-refractivity contribution in [2.45, 2.75) is 0 Å². The summed E-state index contributed by atoms with van der Waals surface area (Å²) >= 11 is 3.72. The van der Waals surface area contributed by atoms with E-state index in [4.69, 9.17) is 29.9 Å². The highest BCUT2D eigenvalue weighted by molar-refractivity contribution is 7.26. The van der Waals surface area contributed by atoms with Gasteiger partial charge in [-0.1, -0.05) is 297 Å². The van der Waals surface area contributed by atoms with Gasteiger partial charge in [0.2, 0.25) is 0 Å². The Labute approximate surface area is 686 Å². The van der Waals surface area contributed by atoms with Gasteiger partial charge >= 0.3 is 0 Å². The quantitative estimate of drug-likeness (QED) is 0.120. The van der Waals surface area contributed by atoms with Crippen molar-refractivity contribution in [1.82, 2.24) is 39.0 Å². The molecule has 0 unspecified atom stereocenters. The Hall–Kier alpha value is -15.2. The van der Waals surface area contributed by atoms with Crippen LogP contribution in [0, 0.1) is 0 Å². The van der Waals surface area contributed by atoms with Crippen LogP contribution in [0.4, 0.5) is 0 Å². The molecule has 0 bridgehead atoms. The molecule has 6 aromatic heterocycles. The minimum atomic E-state index is 0.640. The molecule has 0 atom stereocenters. The van der Waals surface area contributed by atoms with Crippen LogP contribution in [0.15, 0.2) is 400 Å². The fourth-order valence-electron chi connectivity index (χ4n) is 17.4. The number of hydrogen-bond acceptors (Lipinski definition) is 8. The van der Waals surface area contributed by atoms with Gasteiger partial charge in [-0.15, -0.1) is 22.7 Å². The summed E-state index contributed by atoms with van der Waals surface area (Å²) in [5.41, 5.74) is 19.8. The highest BCUT2D eigenvalue weighted by Gasteiger charge is 2.22. The first-order chi connectivity index (χ1) is 58.4. The second kappa shape index (κ2) is 28.4. The molecule has 0 aliphatic carbocycles. The Morgan fingerprint density at radius 3 is 0.847 bits per heavy atom. The second-order valence-corrected chi connectivity index (χ2v) is 32.2. The van der Waals surface area contributed by atoms with Gasteiger partial charge in [-0.25, -0.2) is 29.9 Å². The summed E-state index contributed by atoms with van der Waals surface area (Å²) < 4.78 is 10.1. The molecule has 550 valence electrons. The number of thiophene rings is 2. The standard InChI is InChI=1S/C57H34N4S.C51H32N4S/c1-3-13-35(14-4-1)55-58-56(36-15-5-2-6-16-36)60-57(59-55)39-23-27-43-41-17-7-8-18-42(41)44-28-26-40(34-48(44)47(43)33-39)61-51-21-11-9-19-45(51)49-31-37(24-29-52(49)61)38-25-30-54-50(32-38)46-20-10-12-22-53(46)62-54;1-3-11-35(12-4-1)49-52-50(36-13-5-2-6-14-36)54-51(53-49)37-21-19-33(20-22-37)34-23-27-40(28-24-34)55-45-17-9-7-15-41(45)43-31-38(25-29-46(43)55)39-26-30-48-44(32-39)42-16-8-10-18-47(42)56-48/h1-34H;1-32H. The first-order valence-corrected chi connectivity index (χ1v) is 41.3. The third-order valence-electron chi connectivity index (χ3n) is 23.1. The molecule has 0 fully saturated rings. The van der Waals surface area contributed by atoms with E-state index in [0.29, 0.717) is 34.9 Å². The molecule has 118 heavy (non-hydrogen) atoms. The van der Waals surface area contributed by atoms with Gasteiger partial charge in [0.15, 0.2) is 34.9 Å². The lowest BCUT2D eigenvalue weighted by molar-refractivity contribution is 1.07. The van der Waals surface area contributed by atoms with Crippen LogP contribution in [-0.4, -0.2) is 39.0 Å². The molecule has 0 spiro atoms. The van der Waals surface area contributed by atoms with E-state index in [9.17, 15) is 0 Å². The van der Waals surface area contributed by atoms with Crippen LogP contribution in [0.5, 0.6) is 0 Å². The smallest absolute Gasteiger partial charge is 0.164 e. The summed E-state index contributed by atoms with van der Waals surface area (Å²) in [5, 5.41) is 17.4. The number of hydrogen-bond donors (Lipinski definition) is 0. The molecule has 24 aromatic rings. The van der Waals surface area contributed by atoms with E-state index in [2.05, 4.69) is 312 Å². The van der Waals surface area contributed by atoms with Crippen LogP contribution in [0.2, 0.25) is 0 Å². The van der Waals surface area contributed by atoms with Gasteiger partial charge in [-0.2, -0.15) is 0 Å². The van der Waals surface area contributed by atoms with E-state index >= 15 is 0 Å². The van der Waals surface area contributed by atoms with Crippen molar-refractivity contribution in [3.05, 3.63) is 400 Å². The zero-order chi connectivity index (χ0) is 77.7. The molecule has 0 saturated carbocycles. The van der Waals surface area contributed by atoms with E-state index in [1.54, 1.807) is 0 Å². The van der Waals surface area contributed by atoms with Gasteiger partial charge in [0.05, 0.1) is 22.1 Å². The molecule has 18 aromatic carbocycles. The Morgan fingerprint density at radius 1 is 0.144 bits per heavy atom. The first kappa shape index (κ1) is 68.4. The predicted molar refractivity (Wildman–Crippen MR) is 496 cm³/mol. The molecule has 10 heteroatoms. The number of nitrogens with zero attached hydrogens (tertiary/aromatic N) is 8. The fraction of sp³-hybridized carbons (Fsp3) is 0. The highest BCUT2D eigenvalue weighted by atomic mass is 32.1. The van der Waals surface area contributed by atoms with Gasteiger partial charge in [0.25, 0.3) is 0 Å². The van der Waals surface area contributed by atoms with E-state index in [-0.39, 0.29) is 0 Å². The van der Waals surface area contributed by atoms with Crippen LogP contribution in [-0.2, 0) is 0 Å². The Bertz CT molecular complexity index is 7980. The van der Waals surface area contributed by atoms with E-state index in [1.165, 1.54) is 133 Å². The highest BCUT2D eigenvalue weighted by Crippen LogP contribution is 2.45. The van der Waals surface area contributed by atoms with Gasteiger partial charge in [0.1, 0.15) is 0 Å². The van der Waals surface area contributed by atoms with E-state index in [1.807, 2.05) is 120 Å². The summed E-state index contributed by atoms with van der Waals surface area (Å²) in [5.74, 6) is 3.90. The minimum Gasteiger partial charge on any atom is -0.309 e.